The van der Waals surface area contributed by atoms with E-state index in [-0.39, 0.29) is 6.04 Å². The van der Waals surface area contributed by atoms with Gasteiger partial charge in [-0.25, -0.2) is 0 Å². The van der Waals surface area contributed by atoms with E-state index in [9.17, 15) is 0 Å². The Balaban J connectivity index is 2.22. The minimum absolute atomic E-state index is 0.0728. The predicted molar refractivity (Wildman–Crippen MR) is 87.3 cm³/mol. The summed E-state index contributed by atoms with van der Waals surface area (Å²) >= 11 is 0. The Hall–Kier alpha value is -2.15. The highest BCUT2D eigenvalue weighted by Gasteiger charge is 2.10. The van der Waals surface area contributed by atoms with Gasteiger partial charge < -0.3 is 0 Å². The molecule has 0 aromatic heterocycles. The Bertz CT molecular complexity index is 501. The topological polar surface area (TPSA) is 12.4 Å². The van der Waals surface area contributed by atoms with E-state index in [1.54, 1.807) is 0 Å². The van der Waals surface area contributed by atoms with E-state index in [0.717, 1.165) is 6.42 Å². The number of unbranched alkanes of at least 4 members (excludes halogenated alkanes) is 1. The maximum Gasteiger partial charge on any atom is 0.0999 e. The third kappa shape index (κ3) is 4.20. The van der Waals surface area contributed by atoms with Gasteiger partial charge in [0.2, 0.25) is 0 Å². The van der Waals surface area contributed by atoms with Gasteiger partial charge in [-0.15, -0.1) is 0 Å². The summed E-state index contributed by atoms with van der Waals surface area (Å²) in [5, 5.41) is 0. The van der Waals surface area contributed by atoms with Crippen molar-refractivity contribution in [1.29, 1.82) is 0 Å². The van der Waals surface area contributed by atoms with Gasteiger partial charge in [0.05, 0.1) is 6.04 Å². The van der Waals surface area contributed by atoms with Gasteiger partial charge in [-0.05, 0) is 23.6 Å². The molecular weight excluding hydrogens is 242 g/mol. The minimum atomic E-state index is 0.0728. The van der Waals surface area contributed by atoms with Crippen LogP contribution in [0.1, 0.15) is 36.9 Å². The number of hydrogen-bond acceptors (Lipinski definition) is 1. The van der Waals surface area contributed by atoms with E-state index in [1.807, 2.05) is 24.4 Å². The van der Waals surface area contributed by atoms with Crippen LogP contribution in [0.3, 0.4) is 0 Å². The van der Waals surface area contributed by atoms with Crippen LogP contribution in [0.25, 0.3) is 0 Å². The molecule has 0 fully saturated rings. The highest BCUT2D eigenvalue weighted by Crippen LogP contribution is 2.25. The molecule has 0 saturated heterocycles. The Morgan fingerprint density at radius 1 is 0.900 bits per heavy atom. The minimum Gasteiger partial charge on any atom is -0.280 e. The zero-order valence-electron chi connectivity index (χ0n) is 11.9. The second-order valence-corrected chi connectivity index (χ2v) is 4.74. The fourth-order valence-electron chi connectivity index (χ4n) is 2.09. The Morgan fingerprint density at radius 3 is 1.95 bits per heavy atom. The molecule has 0 heterocycles. The molecule has 0 atom stereocenters. The highest BCUT2D eigenvalue weighted by atomic mass is 14.8. The first-order valence-corrected chi connectivity index (χ1v) is 7.20. The van der Waals surface area contributed by atoms with Gasteiger partial charge in [-0.1, -0.05) is 80.1 Å². The average molecular weight is 263 g/mol. The lowest BCUT2D eigenvalue weighted by molar-refractivity contribution is 0.878. The second-order valence-electron chi connectivity index (χ2n) is 4.74. The van der Waals surface area contributed by atoms with E-state index in [0.29, 0.717) is 0 Å². The number of hydrogen-bond donors (Lipinski definition) is 0. The quantitative estimate of drug-likeness (QED) is 0.635. The zero-order valence-corrected chi connectivity index (χ0v) is 11.9. The first-order valence-electron chi connectivity index (χ1n) is 7.20. The summed E-state index contributed by atoms with van der Waals surface area (Å²) in [6.45, 7) is 2.18. The van der Waals surface area contributed by atoms with Crippen LogP contribution < -0.4 is 0 Å². The maximum atomic E-state index is 4.72. The van der Waals surface area contributed by atoms with Gasteiger partial charge >= 0.3 is 0 Å². The van der Waals surface area contributed by atoms with Gasteiger partial charge in [-0.3, -0.25) is 4.99 Å². The maximum absolute atomic E-state index is 4.72. The largest absolute Gasteiger partial charge is 0.280 e. The normalized spacial score (nSPS) is 11.7. The third-order valence-corrected chi connectivity index (χ3v) is 3.14. The average Bonchev–Trinajstić information content (AvgIpc) is 2.53. The lowest BCUT2D eigenvalue weighted by Crippen LogP contribution is -1.97. The number of allylic oxidation sites excluding steroid dienone is 2. The van der Waals surface area contributed by atoms with Crippen molar-refractivity contribution in [1.82, 2.24) is 0 Å². The van der Waals surface area contributed by atoms with Crippen molar-refractivity contribution in [3.8, 4) is 0 Å². The van der Waals surface area contributed by atoms with Crippen LogP contribution in [0, 0.1) is 0 Å². The smallest absolute Gasteiger partial charge is 0.0999 e. The molecule has 2 aromatic carbocycles. The Morgan fingerprint density at radius 2 is 1.45 bits per heavy atom. The fourth-order valence-corrected chi connectivity index (χ4v) is 2.09. The molecule has 2 rings (SSSR count). The molecule has 0 radical (unpaired) electrons. The molecule has 0 amide bonds. The molecule has 20 heavy (non-hydrogen) atoms. The number of rotatable bonds is 6. The molecule has 0 aliphatic heterocycles. The van der Waals surface area contributed by atoms with E-state index in [4.69, 9.17) is 4.99 Å². The monoisotopic (exact) mass is 263 g/mol. The van der Waals surface area contributed by atoms with Gasteiger partial charge in [0.25, 0.3) is 0 Å². The summed E-state index contributed by atoms with van der Waals surface area (Å²) in [5.74, 6) is 0. The van der Waals surface area contributed by atoms with Crippen LogP contribution in [0.2, 0.25) is 0 Å². The molecule has 0 aliphatic rings. The van der Waals surface area contributed by atoms with Crippen molar-refractivity contribution < 1.29 is 0 Å². The van der Waals surface area contributed by atoms with E-state index in [2.05, 4.69) is 61.5 Å². The molecule has 1 nitrogen and oxygen atoms in total. The van der Waals surface area contributed by atoms with Crippen molar-refractivity contribution in [3.63, 3.8) is 0 Å². The van der Waals surface area contributed by atoms with Crippen LogP contribution in [0.5, 0.6) is 0 Å². The first-order chi connectivity index (χ1) is 9.92. The zero-order chi connectivity index (χ0) is 14.0. The Labute approximate surface area is 121 Å². The van der Waals surface area contributed by atoms with Crippen LogP contribution in [-0.4, -0.2) is 6.21 Å². The molecule has 0 spiro atoms. The summed E-state index contributed by atoms with van der Waals surface area (Å²) in [6, 6.07) is 20.9. The van der Waals surface area contributed by atoms with Crippen LogP contribution in [0.4, 0.5) is 0 Å². The molecule has 102 valence electrons. The summed E-state index contributed by atoms with van der Waals surface area (Å²) < 4.78 is 0. The van der Waals surface area contributed by atoms with Crippen molar-refractivity contribution in [2.45, 2.75) is 25.8 Å². The molecule has 1 heteroatoms. The second kappa shape index (κ2) is 8.11. The molecule has 0 saturated carbocycles. The summed E-state index contributed by atoms with van der Waals surface area (Å²) in [4.78, 5) is 4.72. The number of nitrogens with zero attached hydrogens (tertiary/aromatic N) is 1. The van der Waals surface area contributed by atoms with E-state index < -0.39 is 0 Å². The van der Waals surface area contributed by atoms with Gasteiger partial charge in [0.15, 0.2) is 0 Å². The van der Waals surface area contributed by atoms with Crippen molar-refractivity contribution in [2.24, 2.45) is 4.99 Å². The SMILES string of the molecule is CCC/C=C/C=N/C(c1ccccc1)c1ccccc1. The Kier molecular flexibility index (Phi) is 5.78. The van der Waals surface area contributed by atoms with Crippen LogP contribution in [0.15, 0.2) is 77.8 Å². The van der Waals surface area contributed by atoms with Gasteiger partial charge in [0, 0.05) is 6.21 Å². The molecule has 0 aliphatic carbocycles. The number of benzene rings is 2. The van der Waals surface area contributed by atoms with Crippen molar-refractivity contribution >= 4 is 6.21 Å². The van der Waals surface area contributed by atoms with Crippen molar-refractivity contribution in [2.75, 3.05) is 0 Å². The lowest BCUT2D eigenvalue weighted by Gasteiger charge is -2.12. The highest BCUT2D eigenvalue weighted by molar-refractivity contribution is 5.71. The fraction of sp³-hybridized carbons (Fsp3) is 0.211. The van der Waals surface area contributed by atoms with E-state index in [1.165, 1.54) is 17.5 Å². The first kappa shape index (κ1) is 14.3. The molecule has 0 bridgehead atoms. The summed E-state index contributed by atoms with van der Waals surface area (Å²) in [6.07, 6.45) is 8.40. The third-order valence-electron chi connectivity index (χ3n) is 3.14. The van der Waals surface area contributed by atoms with Crippen LogP contribution in [-0.2, 0) is 0 Å². The molecule has 0 unspecified atom stereocenters. The van der Waals surface area contributed by atoms with Gasteiger partial charge in [0.1, 0.15) is 0 Å². The standard InChI is InChI=1S/C19H21N/c1-2-3-4-11-16-20-19(17-12-7-5-8-13-17)18-14-9-6-10-15-18/h4-16,19H,2-3H2,1H3/b11-4+,20-16+. The van der Waals surface area contributed by atoms with Gasteiger partial charge in [-0.2, -0.15) is 0 Å². The van der Waals surface area contributed by atoms with E-state index >= 15 is 0 Å². The molecule has 2 aromatic rings. The van der Waals surface area contributed by atoms with Crippen LogP contribution >= 0.6 is 0 Å². The lowest BCUT2D eigenvalue weighted by atomic mass is 9.99. The summed E-state index contributed by atoms with van der Waals surface area (Å²) in [5.41, 5.74) is 2.44. The molecular formula is C19H21N. The predicted octanol–water partition coefficient (Wildman–Crippen LogP) is 5.20. The molecule has 0 N–H and O–H groups in total. The van der Waals surface area contributed by atoms with Crippen molar-refractivity contribution in [3.05, 3.63) is 83.9 Å². The summed E-state index contributed by atoms with van der Waals surface area (Å²) in [7, 11) is 0. The number of aliphatic imine (C=N–C) groups is 1.